The number of carbonyl (C=O) groups is 2. The van der Waals surface area contributed by atoms with Crippen LogP contribution >= 0.6 is 22.9 Å². The summed E-state index contributed by atoms with van der Waals surface area (Å²) in [5.74, 6) is 0.317. The average Bonchev–Trinajstić information content (AvgIpc) is 3.56. The van der Waals surface area contributed by atoms with Crippen LogP contribution in [0.1, 0.15) is 41.9 Å². The van der Waals surface area contributed by atoms with Gasteiger partial charge in [-0.2, -0.15) is 0 Å². The highest BCUT2D eigenvalue weighted by Gasteiger charge is 2.45. The Kier molecular flexibility index (Phi) is 7.53. The van der Waals surface area contributed by atoms with Crippen LogP contribution in [0.25, 0.3) is 0 Å². The third-order valence-electron chi connectivity index (χ3n) is 6.41. The number of rotatable bonds is 6. The van der Waals surface area contributed by atoms with Gasteiger partial charge in [0.2, 0.25) is 5.91 Å². The van der Waals surface area contributed by atoms with Crippen LogP contribution in [0.5, 0.6) is 5.75 Å². The van der Waals surface area contributed by atoms with E-state index in [1.165, 1.54) is 28.4 Å². The van der Waals surface area contributed by atoms with Crippen molar-refractivity contribution >= 4 is 46.4 Å². The highest BCUT2D eigenvalue weighted by Crippen LogP contribution is 2.46. The number of nitrogens with zero attached hydrogens (tertiary/aromatic N) is 4. The number of benzene rings is 2. The third-order valence-corrected chi connectivity index (χ3v) is 7.60. The molecule has 0 radical (unpaired) electrons. The number of urea groups is 1. The molecule has 12 heteroatoms. The molecule has 3 heterocycles. The van der Waals surface area contributed by atoms with E-state index >= 15 is 0 Å². The molecule has 1 saturated heterocycles. The Hall–Kier alpha value is -3.96. The number of nitro groups is 1. The van der Waals surface area contributed by atoms with Crippen molar-refractivity contribution in [2.45, 2.75) is 32.0 Å². The number of thiophene rings is 1. The molecule has 3 aromatic rings. The van der Waals surface area contributed by atoms with Gasteiger partial charge in [-0.25, -0.2) is 4.79 Å². The lowest BCUT2D eigenvalue weighted by atomic mass is 9.98. The molecule has 0 bridgehead atoms. The van der Waals surface area contributed by atoms with Crippen molar-refractivity contribution in [1.29, 1.82) is 0 Å². The number of piperazine rings is 1. The maximum absolute atomic E-state index is 14.2. The van der Waals surface area contributed by atoms with Gasteiger partial charge in [-0.05, 0) is 49.1 Å². The zero-order valence-corrected chi connectivity index (χ0v) is 22.8. The first kappa shape index (κ1) is 26.6. The van der Waals surface area contributed by atoms with E-state index in [1.807, 2.05) is 43.5 Å². The third kappa shape index (κ3) is 5.45. The van der Waals surface area contributed by atoms with Crippen molar-refractivity contribution < 1.29 is 19.2 Å². The fourth-order valence-corrected chi connectivity index (χ4v) is 5.69. The molecule has 2 aliphatic heterocycles. The predicted octanol–water partition coefficient (Wildman–Crippen LogP) is 5.19. The molecule has 10 nitrogen and oxygen atoms in total. The zero-order chi connectivity index (χ0) is 27.7. The Morgan fingerprint density at radius 3 is 2.64 bits per heavy atom. The average molecular weight is 568 g/mol. The number of hydrogen-bond donors (Lipinski definition) is 1. The summed E-state index contributed by atoms with van der Waals surface area (Å²) in [4.78, 5) is 46.5. The van der Waals surface area contributed by atoms with Gasteiger partial charge >= 0.3 is 6.03 Å². The number of nitro benzene ring substituents is 1. The molecule has 0 saturated carbocycles. The summed E-state index contributed by atoms with van der Waals surface area (Å²) in [6.07, 6.45) is -0.289. The van der Waals surface area contributed by atoms with Crippen LogP contribution in [0, 0.1) is 10.1 Å². The van der Waals surface area contributed by atoms with Gasteiger partial charge in [0.25, 0.3) is 5.69 Å². The number of aliphatic imine (C=N–C) groups is 1. The smallest absolute Gasteiger partial charge is 0.326 e. The molecule has 5 rings (SSSR count). The second-order valence-electron chi connectivity index (χ2n) is 9.44. The van der Waals surface area contributed by atoms with E-state index in [9.17, 15) is 19.7 Å². The molecule has 1 aromatic heterocycles. The van der Waals surface area contributed by atoms with Gasteiger partial charge in [0, 0.05) is 29.1 Å². The minimum absolute atomic E-state index is 0.0823. The van der Waals surface area contributed by atoms with E-state index in [4.69, 9.17) is 21.3 Å². The first-order chi connectivity index (χ1) is 18.7. The Bertz CT molecular complexity index is 1430. The lowest BCUT2D eigenvalue weighted by Crippen LogP contribution is -2.55. The summed E-state index contributed by atoms with van der Waals surface area (Å²) in [5.41, 5.74) is 1.15. The van der Waals surface area contributed by atoms with Gasteiger partial charge in [-0.1, -0.05) is 29.8 Å². The first-order valence-electron chi connectivity index (χ1n) is 12.4. The Balaban J connectivity index is 1.70. The van der Waals surface area contributed by atoms with E-state index in [0.717, 1.165) is 10.4 Å². The van der Waals surface area contributed by atoms with Crippen molar-refractivity contribution in [3.05, 3.63) is 91.1 Å². The molecule has 1 N–H and O–H groups in total. The quantitative estimate of drug-likeness (QED) is 0.325. The largest absolute Gasteiger partial charge is 0.490 e. The van der Waals surface area contributed by atoms with Gasteiger partial charge in [-0.15, -0.1) is 11.3 Å². The van der Waals surface area contributed by atoms with Crippen LogP contribution in [0.3, 0.4) is 0 Å². The summed E-state index contributed by atoms with van der Waals surface area (Å²) in [5, 5.41) is 16.8. The summed E-state index contributed by atoms with van der Waals surface area (Å²) in [7, 11) is 0. The van der Waals surface area contributed by atoms with Gasteiger partial charge in [0.05, 0.1) is 22.7 Å². The van der Waals surface area contributed by atoms with Crippen molar-refractivity contribution in [1.82, 2.24) is 15.1 Å². The molecular weight excluding hydrogens is 542 g/mol. The molecule has 2 atom stereocenters. The molecule has 0 aliphatic carbocycles. The first-order valence-corrected chi connectivity index (χ1v) is 13.7. The van der Waals surface area contributed by atoms with Crippen LogP contribution in [0.2, 0.25) is 5.02 Å². The highest BCUT2D eigenvalue weighted by atomic mass is 35.5. The number of carbonyl (C=O) groups excluding carboxylic acids is 2. The van der Waals surface area contributed by atoms with Crippen molar-refractivity contribution in [2.75, 3.05) is 19.6 Å². The molecule has 0 spiro atoms. The van der Waals surface area contributed by atoms with E-state index in [0.29, 0.717) is 29.5 Å². The SMILES string of the molecule is CC(C)Oc1cc([N+](=O)[O-])ccc1C1=NC(c2ccc(Cl)cc2)C(c2cccs2)N1C(=O)N1CCNC(=O)C1. The molecule has 1 fully saturated rings. The van der Waals surface area contributed by atoms with Crippen LogP contribution in [0.15, 0.2) is 65.0 Å². The lowest BCUT2D eigenvalue weighted by molar-refractivity contribution is -0.384. The molecular formula is C27H26ClN5O5S. The zero-order valence-electron chi connectivity index (χ0n) is 21.2. The second-order valence-corrected chi connectivity index (χ2v) is 10.9. The number of hydrogen-bond acceptors (Lipinski definition) is 7. The summed E-state index contributed by atoms with van der Waals surface area (Å²) in [6.45, 7) is 4.24. The second kappa shape index (κ2) is 11.0. The van der Waals surface area contributed by atoms with Crippen molar-refractivity contribution in [3.8, 4) is 5.75 Å². The fourth-order valence-electron chi connectivity index (χ4n) is 4.72. The normalized spacial score (nSPS) is 19.2. The van der Waals surface area contributed by atoms with Crippen LogP contribution in [0.4, 0.5) is 10.5 Å². The predicted molar refractivity (Wildman–Crippen MR) is 148 cm³/mol. The maximum Gasteiger partial charge on any atom is 0.326 e. The van der Waals surface area contributed by atoms with Crippen molar-refractivity contribution in [3.63, 3.8) is 0 Å². The fraction of sp³-hybridized carbons (Fsp3) is 0.296. The highest BCUT2D eigenvalue weighted by molar-refractivity contribution is 7.10. The monoisotopic (exact) mass is 567 g/mol. The van der Waals surface area contributed by atoms with E-state index in [2.05, 4.69) is 5.32 Å². The van der Waals surface area contributed by atoms with Gasteiger partial charge in [-0.3, -0.25) is 24.8 Å². The van der Waals surface area contributed by atoms with E-state index in [1.54, 1.807) is 23.1 Å². The number of ether oxygens (including phenoxy) is 1. The molecule has 2 aromatic carbocycles. The summed E-state index contributed by atoms with van der Waals surface area (Å²) >= 11 is 7.67. The molecule has 2 aliphatic rings. The van der Waals surface area contributed by atoms with Crippen molar-refractivity contribution in [2.24, 2.45) is 4.99 Å². The number of amidine groups is 1. The van der Waals surface area contributed by atoms with Gasteiger partial charge in [0.15, 0.2) is 0 Å². The molecule has 202 valence electrons. The Labute approximate surface area is 234 Å². The standard InChI is InChI=1S/C27H26ClN5O5S/c1-16(2)38-21-14-19(33(36)37)9-10-20(21)26-30-24(17-5-7-18(28)8-6-17)25(22-4-3-13-39-22)32(26)27(35)31-12-11-29-23(34)15-31/h3-10,13-14,16,24-25H,11-12,15H2,1-2H3,(H,29,34). The summed E-state index contributed by atoms with van der Waals surface area (Å²) < 4.78 is 6.01. The van der Waals surface area contributed by atoms with Crippen LogP contribution < -0.4 is 10.1 Å². The topological polar surface area (TPSA) is 117 Å². The minimum Gasteiger partial charge on any atom is -0.490 e. The lowest BCUT2D eigenvalue weighted by Gasteiger charge is -2.35. The van der Waals surface area contributed by atoms with E-state index < -0.39 is 17.0 Å². The molecule has 2 unspecified atom stereocenters. The number of non-ortho nitro benzene ring substituents is 1. The van der Waals surface area contributed by atoms with Crippen LogP contribution in [-0.4, -0.2) is 58.2 Å². The number of amides is 3. The Morgan fingerprint density at radius 1 is 1.23 bits per heavy atom. The van der Waals surface area contributed by atoms with E-state index in [-0.39, 0.29) is 36.0 Å². The summed E-state index contributed by atoms with van der Waals surface area (Å²) in [6, 6.07) is 14.0. The van der Waals surface area contributed by atoms with Crippen LogP contribution in [-0.2, 0) is 4.79 Å². The van der Waals surface area contributed by atoms with Gasteiger partial charge < -0.3 is 15.0 Å². The molecule has 39 heavy (non-hydrogen) atoms. The maximum atomic E-state index is 14.2. The minimum atomic E-state index is -0.527. The van der Waals surface area contributed by atoms with Gasteiger partial charge in [0.1, 0.15) is 30.2 Å². The Morgan fingerprint density at radius 2 is 2.00 bits per heavy atom. The number of nitrogens with one attached hydrogen (secondary N) is 1. The molecule has 3 amide bonds. The number of halogens is 1.